The van der Waals surface area contributed by atoms with Gasteiger partial charge in [0.1, 0.15) is 5.82 Å². The topological polar surface area (TPSA) is 66.6 Å². The second-order valence-corrected chi connectivity index (χ2v) is 8.89. The molecule has 9 heteroatoms. The van der Waals surface area contributed by atoms with Crippen molar-refractivity contribution >= 4 is 23.4 Å². The van der Waals surface area contributed by atoms with Crippen LogP contribution in [0.2, 0.25) is 5.02 Å². The molecule has 0 bridgehead atoms. The van der Waals surface area contributed by atoms with Gasteiger partial charge >= 0.3 is 0 Å². The number of rotatable bonds is 5. The summed E-state index contributed by atoms with van der Waals surface area (Å²) in [7, 11) is 0. The van der Waals surface area contributed by atoms with Crippen molar-refractivity contribution in [2.24, 2.45) is 11.7 Å². The fraction of sp³-hybridized carbons (Fsp3) is 0.391. The molecule has 2 amide bonds. The van der Waals surface area contributed by atoms with Gasteiger partial charge in [0.15, 0.2) is 11.6 Å². The minimum Gasteiger partial charge on any atom is -0.338 e. The number of hydrogen-bond donors (Lipinski definition) is 1. The average Bonchev–Trinajstić information content (AvgIpc) is 3.32. The number of nitrogens with two attached hydrogens (primary N) is 1. The first kappa shape index (κ1) is 22.6. The maximum atomic E-state index is 13.9. The molecule has 0 aromatic heterocycles. The molecule has 0 spiro atoms. The SMILES string of the molecule is N[C@@H](CC(=O)N1CC[C@H]2CN(C(=O)c3cccc(Cl)c3)C[C@H]21)Cc1cc(F)c(F)cc1F. The van der Waals surface area contributed by atoms with E-state index in [2.05, 4.69) is 0 Å². The van der Waals surface area contributed by atoms with Crippen molar-refractivity contribution < 1.29 is 22.8 Å². The Kier molecular flexibility index (Phi) is 6.44. The summed E-state index contributed by atoms with van der Waals surface area (Å²) in [6.07, 6.45) is 0.642. The van der Waals surface area contributed by atoms with Gasteiger partial charge in [0, 0.05) is 54.7 Å². The lowest BCUT2D eigenvalue weighted by atomic mass is 10.0. The van der Waals surface area contributed by atoms with Crippen LogP contribution in [0.25, 0.3) is 0 Å². The van der Waals surface area contributed by atoms with E-state index < -0.39 is 23.5 Å². The second kappa shape index (κ2) is 9.11. The molecule has 0 saturated carbocycles. The second-order valence-electron chi connectivity index (χ2n) is 8.45. The van der Waals surface area contributed by atoms with Crippen molar-refractivity contribution in [3.05, 3.63) is 70.0 Å². The van der Waals surface area contributed by atoms with Crippen molar-refractivity contribution in [1.29, 1.82) is 0 Å². The van der Waals surface area contributed by atoms with Crippen LogP contribution >= 0.6 is 11.6 Å². The van der Waals surface area contributed by atoms with Gasteiger partial charge in [-0.05, 0) is 42.7 Å². The maximum absolute atomic E-state index is 13.9. The van der Waals surface area contributed by atoms with E-state index in [1.807, 2.05) is 0 Å². The molecule has 5 nitrogen and oxygen atoms in total. The molecule has 0 aliphatic carbocycles. The molecule has 2 saturated heterocycles. The van der Waals surface area contributed by atoms with Crippen LogP contribution in [0.1, 0.15) is 28.8 Å². The quantitative estimate of drug-likeness (QED) is 0.688. The van der Waals surface area contributed by atoms with E-state index in [0.717, 1.165) is 12.5 Å². The summed E-state index contributed by atoms with van der Waals surface area (Å²) in [5.41, 5.74) is 6.47. The Morgan fingerprint density at radius 2 is 1.84 bits per heavy atom. The van der Waals surface area contributed by atoms with E-state index in [-0.39, 0.29) is 42.2 Å². The molecule has 32 heavy (non-hydrogen) atoms. The summed E-state index contributed by atoms with van der Waals surface area (Å²) in [5, 5.41) is 0.485. The third-order valence-electron chi connectivity index (χ3n) is 6.23. The molecule has 3 atom stereocenters. The zero-order valence-electron chi connectivity index (χ0n) is 17.2. The molecule has 2 heterocycles. The van der Waals surface area contributed by atoms with Crippen LogP contribution < -0.4 is 5.73 Å². The zero-order valence-corrected chi connectivity index (χ0v) is 18.0. The number of carbonyl (C=O) groups excluding carboxylic acids is 2. The standard InChI is InChI=1S/C23H23ClF3N3O2/c24-16-3-1-2-13(6-16)23(32)29-11-14-4-5-30(21(14)12-29)22(31)9-17(28)7-15-8-19(26)20(27)10-18(15)25/h1-3,6,8,10,14,17,21H,4-5,7,9,11-12,28H2/t14-,17+,21+/m0/s1. The lowest BCUT2D eigenvalue weighted by Crippen LogP contribution is -2.43. The van der Waals surface area contributed by atoms with Crippen LogP contribution in [-0.4, -0.2) is 53.3 Å². The highest BCUT2D eigenvalue weighted by Crippen LogP contribution is 2.33. The van der Waals surface area contributed by atoms with E-state index >= 15 is 0 Å². The van der Waals surface area contributed by atoms with Gasteiger partial charge in [-0.1, -0.05) is 17.7 Å². The summed E-state index contributed by atoms with van der Waals surface area (Å²) in [5.74, 6) is -3.44. The molecule has 170 valence electrons. The highest BCUT2D eigenvalue weighted by molar-refractivity contribution is 6.30. The van der Waals surface area contributed by atoms with Crippen molar-refractivity contribution in [1.82, 2.24) is 9.80 Å². The molecule has 2 N–H and O–H groups in total. The van der Waals surface area contributed by atoms with Crippen LogP contribution in [-0.2, 0) is 11.2 Å². The number of amides is 2. The average molecular weight is 466 g/mol. The molecule has 2 aromatic rings. The van der Waals surface area contributed by atoms with E-state index in [0.29, 0.717) is 36.3 Å². The van der Waals surface area contributed by atoms with Crippen molar-refractivity contribution in [3.8, 4) is 0 Å². The number of fused-ring (bicyclic) bond motifs is 1. The van der Waals surface area contributed by atoms with Crippen LogP contribution in [0.15, 0.2) is 36.4 Å². The van der Waals surface area contributed by atoms with Gasteiger partial charge in [0.25, 0.3) is 5.91 Å². The van der Waals surface area contributed by atoms with Crippen LogP contribution in [0, 0.1) is 23.4 Å². The normalized spacial score (nSPS) is 21.0. The minimum atomic E-state index is -1.27. The molecule has 2 aliphatic rings. The summed E-state index contributed by atoms with van der Waals surface area (Å²) < 4.78 is 40.4. The first-order valence-corrected chi connectivity index (χ1v) is 10.8. The van der Waals surface area contributed by atoms with Gasteiger partial charge in [-0.3, -0.25) is 9.59 Å². The van der Waals surface area contributed by atoms with Crippen molar-refractivity contribution in [2.45, 2.75) is 31.3 Å². The number of halogens is 4. The molecule has 2 aliphatic heterocycles. The van der Waals surface area contributed by atoms with Crippen molar-refractivity contribution in [3.63, 3.8) is 0 Å². The summed E-state index contributed by atoms with van der Waals surface area (Å²) >= 11 is 5.99. The Bertz CT molecular complexity index is 1050. The molecule has 0 unspecified atom stereocenters. The van der Waals surface area contributed by atoms with E-state index in [1.54, 1.807) is 34.1 Å². The zero-order chi connectivity index (χ0) is 23.0. The number of likely N-dealkylation sites (tertiary alicyclic amines) is 2. The summed E-state index contributed by atoms with van der Waals surface area (Å²) in [4.78, 5) is 29.2. The molecular weight excluding hydrogens is 443 g/mol. The lowest BCUT2D eigenvalue weighted by Gasteiger charge is -2.26. The van der Waals surface area contributed by atoms with Crippen LogP contribution in [0.5, 0.6) is 0 Å². The number of hydrogen-bond acceptors (Lipinski definition) is 3. The Balaban J connectivity index is 1.37. The van der Waals surface area contributed by atoms with Crippen LogP contribution in [0.3, 0.4) is 0 Å². The number of carbonyl (C=O) groups is 2. The maximum Gasteiger partial charge on any atom is 0.253 e. The Morgan fingerprint density at radius 1 is 1.09 bits per heavy atom. The molecule has 0 radical (unpaired) electrons. The summed E-state index contributed by atoms with van der Waals surface area (Å²) in [6.45, 7) is 1.56. The van der Waals surface area contributed by atoms with Crippen LogP contribution in [0.4, 0.5) is 13.2 Å². The third-order valence-corrected chi connectivity index (χ3v) is 6.47. The minimum absolute atomic E-state index is 0.0517. The monoisotopic (exact) mass is 465 g/mol. The molecule has 2 fully saturated rings. The Labute approximate surface area is 188 Å². The first-order valence-electron chi connectivity index (χ1n) is 10.5. The smallest absolute Gasteiger partial charge is 0.253 e. The Hall–Kier alpha value is -2.58. The molecular formula is C23H23ClF3N3O2. The van der Waals surface area contributed by atoms with Gasteiger partial charge in [0.2, 0.25) is 5.91 Å². The van der Waals surface area contributed by atoms with E-state index in [9.17, 15) is 22.8 Å². The van der Waals surface area contributed by atoms with E-state index in [1.165, 1.54) is 0 Å². The fourth-order valence-electron chi connectivity index (χ4n) is 4.66. The van der Waals surface area contributed by atoms with Gasteiger partial charge in [-0.25, -0.2) is 13.2 Å². The van der Waals surface area contributed by atoms with Gasteiger partial charge in [0.05, 0.1) is 6.04 Å². The van der Waals surface area contributed by atoms with Crippen molar-refractivity contribution in [2.75, 3.05) is 19.6 Å². The number of nitrogens with zero attached hydrogens (tertiary/aromatic N) is 2. The number of benzene rings is 2. The first-order chi connectivity index (χ1) is 15.2. The predicted molar refractivity (Wildman–Crippen MR) is 114 cm³/mol. The highest BCUT2D eigenvalue weighted by Gasteiger charge is 2.44. The highest BCUT2D eigenvalue weighted by atomic mass is 35.5. The third kappa shape index (κ3) is 4.61. The molecule has 2 aromatic carbocycles. The lowest BCUT2D eigenvalue weighted by molar-refractivity contribution is -0.132. The predicted octanol–water partition coefficient (Wildman–Crippen LogP) is 3.39. The van der Waals surface area contributed by atoms with E-state index in [4.69, 9.17) is 17.3 Å². The summed E-state index contributed by atoms with van der Waals surface area (Å²) in [6, 6.07) is 7.17. The Morgan fingerprint density at radius 3 is 2.59 bits per heavy atom. The van der Waals surface area contributed by atoms with Gasteiger partial charge < -0.3 is 15.5 Å². The van der Waals surface area contributed by atoms with Gasteiger partial charge in [-0.2, -0.15) is 0 Å². The largest absolute Gasteiger partial charge is 0.338 e. The van der Waals surface area contributed by atoms with Gasteiger partial charge in [-0.15, -0.1) is 0 Å². The molecule has 4 rings (SSSR count). The fourth-order valence-corrected chi connectivity index (χ4v) is 4.85.